The van der Waals surface area contributed by atoms with E-state index in [1.807, 2.05) is 30.3 Å². The van der Waals surface area contributed by atoms with Gasteiger partial charge in [0, 0.05) is 36.0 Å². The van der Waals surface area contributed by atoms with E-state index >= 15 is 0 Å². The molecule has 0 spiro atoms. The number of nitrogens with one attached hydrogen (secondary N) is 2. The lowest BCUT2D eigenvalue weighted by molar-refractivity contribution is -0.145. The van der Waals surface area contributed by atoms with E-state index < -0.39 is 65.9 Å². The average molecular weight is 735 g/mol. The molecule has 1 heterocycles. The number of carbonyl (C=O) groups excluding carboxylic acids is 4. The lowest BCUT2D eigenvalue weighted by Gasteiger charge is -2.25. The molecule has 1 aliphatic rings. The topological polar surface area (TPSA) is 253 Å². The Labute approximate surface area is 287 Å². The van der Waals surface area contributed by atoms with Crippen molar-refractivity contribution in [3.63, 3.8) is 0 Å². The van der Waals surface area contributed by atoms with Gasteiger partial charge in [0.05, 0.1) is 14.2 Å². The van der Waals surface area contributed by atoms with E-state index in [9.17, 15) is 28.8 Å². The number of hydrazone groups is 1. The van der Waals surface area contributed by atoms with E-state index in [0.717, 1.165) is 55.8 Å². The highest BCUT2D eigenvalue weighted by atomic mass is 33.1. The van der Waals surface area contributed by atoms with Gasteiger partial charge in [-0.3, -0.25) is 24.2 Å². The maximum atomic E-state index is 13.5. The fourth-order valence-corrected chi connectivity index (χ4v) is 8.29. The number of ether oxygens (including phenoxy) is 2. The van der Waals surface area contributed by atoms with Gasteiger partial charge in [0.1, 0.15) is 35.9 Å². The molecule has 1 aromatic rings. The quantitative estimate of drug-likeness (QED) is 0.0532. The van der Waals surface area contributed by atoms with Crippen LogP contribution in [-0.4, -0.2) is 131 Å². The molecule has 0 aliphatic carbocycles. The number of amides is 2. The normalized spacial score (nSPS) is 16.6. The minimum atomic E-state index is -1.17. The van der Waals surface area contributed by atoms with Gasteiger partial charge >= 0.3 is 23.9 Å². The molecule has 0 aromatic heterocycles. The summed E-state index contributed by atoms with van der Waals surface area (Å²) in [6.07, 6.45) is 0.343. The minimum Gasteiger partial charge on any atom is -0.480 e. The predicted octanol–water partition coefficient (Wildman–Crippen LogP) is -0.438. The lowest BCUT2D eigenvalue weighted by atomic mass is 10.1. The van der Waals surface area contributed by atoms with Crippen LogP contribution in [0.4, 0.5) is 0 Å². The molecule has 0 bridgehead atoms. The second-order valence-electron chi connectivity index (χ2n) is 9.83. The molecule has 0 radical (unpaired) electrons. The van der Waals surface area contributed by atoms with Gasteiger partial charge < -0.3 is 41.8 Å². The summed E-state index contributed by atoms with van der Waals surface area (Å²) in [6.45, 7) is 0.246. The lowest BCUT2D eigenvalue weighted by Crippen LogP contribution is -2.51. The highest BCUT2D eigenvalue weighted by Crippen LogP contribution is 2.25. The van der Waals surface area contributed by atoms with Crippen molar-refractivity contribution in [2.24, 2.45) is 16.6 Å². The molecule has 0 saturated carbocycles. The Bertz CT molecular complexity index is 1280. The van der Waals surface area contributed by atoms with Crippen LogP contribution in [0.5, 0.6) is 0 Å². The second kappa shape index (κ2) is 20.9. The molecule has 0 fully saturated rings. The first kappa shape index (κ1) is 40.0. The molecule has 5 unspecified atom stereocenters. The highest BCUT2D eigenvalue weighted by molar-refractivity contribution is 8.77. The molecule has 0 saturated heterocycles. The fraction of sp³-hybridized carbons (Fsp3) is 0.519. The Hall–Kier alpha value is -3.17. The van der Waals surface area contributed by atoms with E-state index in [1.165, 1.54) is 12.1 Å². The van der Waals surface area contributed by atoms with Gasteiger partial charge in [-0.1, -0.05) is 73.5 Å². The zero-order valence-electron chi connectivity index (χ0n) is 25.6. The SMILES string of the molecule is COC(=O)C(CSSCC(N)C(=O)O)NC(=O)C1=NN(CCc2ccccc2)C(C(=O)NC(CSSCC(N)C(=O)O)C(=O)OC)C1. The summed E-state index contributed by atoms with van der Waals surface area (Å²) in [6, 6.07) is 4.04. The minimum absolute atomic E-state index is 0.0279. The average Bonchev–Trinajstić information content (AvgIpc) is 3.50. The van der Waals surface area contributed by atoms with E-state index in [0.29, 0.717) is 6.42 Å². The largest absolute Gasteiger partial charge is 0.480 e. The van der Waals surface area contributed by atoms with Crippen LogP contribution in [0, 0.1) is 0 Å². The Kier molecular flexibility index (Phi) is 17.8. The van der Waals surface area contributed by atoms with Crippen LogP contribution in [0.25, 0.3) is 0 Å². The van der Waals surface area contributed by atoms with E-state index in [-0.39, 0.29) is 41.7 Å². The number of carboxylic acid groups (broad SMARTS) is 2. The van der Waals surface area contributed by atoms with Crippen LogP contribution >= 0.6 is 43.2 Å². The van der Waals surface area contributed by atoms with Crippen LogP contribution in [-0.2, 0) is 44.7 Å². The Morgan fingerprint density at radius 1 is 0.851 bits per heavy atom. The summed E-state index contributed by atoms with van der Waals surface area (Å²) >= 11 is 0. The van der Waals surface area contributed by atoms with Crippen LogP contribution in [0.15, 0.2) is 35.4 Å². The zero-order chi connectivity index (χ0) is 34.9. The number of methoxy groups -OCH3 is 2. The zero-order valence-corrected chi connectivity index (χ0v) is 28.8. The third-order valence-electron chi connectivity index (χ3n) is 6.39. The maximum absolute atomic E-state index is 13.5. The number of nitrogens with two attached hydrogens (primary N) is 2. The summed E-state index contributed by atoms with van der Waals surface area (Å²) in [5, 5.41) is 29.0. The van der Waals surface area contributed by atoms with Crippen molar-refractivity contribution in [3.8, 4) is 0 Å². The van der Waals surface area contributed by atoms with Crippen LogP contribution < -0.4 is 22.1 Å². The van der Waals surface area contributed by atoms with Crippen LogP contribution in [0.1, 0.15) is 12.0 Å². The molecule has 16 nitrogen and oxygen atoms in total. The molecule has 2 amide bonds. The standard InChI is InChI=1S/C27H38N6O10S4/c1-42-26(40)19(13-46-44-11-16(28)24(36)37)30-22(34)18-10-21(33(32-18)9-8-15-6-4-3-5-7-15)23(35)31-20(27(41)43-2)14-47-45-12-17(29)25(38)39/h3-7,16-17,19-21H,8-14,28-29H2,1-2H3,(H,30,34)(H,31,35)(H,36,37)(H,38,39). The number of esters is 2. The summed E-state index contributed by atoms with van der Waals surface area (Å²) in [4.78, 5) is 73.6. The summed E-state index contributed by atoms with van der Waals surface area (Å²) in [7, 11) is 6.85. The third-order valence-corrected chi connectivity index (χ3v) is 11.3. The van der Waals surface area contributed by atoms with Crippen molar-refractivity contribution < 1.29 is 48.5 Å². The van der Waals surface area contributed by atoms with E-state index in [4.69, 9.17) is 31.2 Å². The summed E-state index contributed by atoms with van der Waals surface area (Å²) < 4.78 is 9.65. The first-order valence-electron chi connectivity index (χ1n) is 14.0. The maximum Gasteiger partial charge on any atom is 0.329 e. The van der Waals surface area contributed by atoms with E-state index in [1.54, 1.807) is 0 Å². The molecule has 260 valence electrons. The second-order valence-corrected chi connectivity index (χ2v) is 14.9. The number of carboxylic acids is 2. The molecule has 20 heteroatoms. The van der Waals surface area contributed by atoms with Crippen LogP contribution in [0.2, 0.25) is 0 Å². The van der Waals surface area contributed by atoms with Crippen molar-refractivity contribution in [3.05, 3.63) is 35.9 Å². The van der Waals surface area contributed by atoms with Crippen molar-refractivity contribution in [2.45, 2.75) is 43.1 Å². The smallest absolute Gasteiger partial charge is 0.329 e. The van der Waals surface area contributed by atoms with Gasteiger partial charge in [0.2, 0.25) is 5.91 Å². The highest BCUT2D eigenvalue weighted by Gasteiger charge is 2.38. The predicted molar refractivity (Wildman–Crippen MR) is 182 cm³/mol. The van der Waals surface area contributed by atoms with Crippen molar-refractivity contribution in [2.75, 3.05) is 43.8 Å². The molecular formula is C27H38N6O10S4. The Morgan fingerprint density at radius 3 is 1.83 bits per heavy atom. The number of hydrogen-bond donors (Lipinski definition) is 6. The number of benzene rings is 1. The summed E-state index contributed by atoms with van der Waals surface area (Å²) in [5.41, 5.74) is 11.9. The molecule has 1 aliphatic heterocycles. The van der Waals surface area contributed by atoms with Gasteiger partial charge in [-0.2, -0.15) is 5.10 Å². The number of aliphatic carboxylic acids is 2. The first-order valence-corrected chi connectivity index (χ1v) is 19.0. The van der Waals surface area contributed by atoms with Crippen molar-refractivity contribution in [1.82, 2.24) is 15.6 Å². The number of hydrogen-bond acceptors (Lipinski definition) is 16. The molecular weight excluding hydrogens is 697 g/mol. The van der Waals surface area contributed by atoms with Crippen LogP contribution in [0.3, 0.4) is 0 Å². The molecule has 2 rings (SSSR count). The Balaban J connectivity index is 2.14. The molecule has 47 heavy (non-hydrogen) atoms. The number of carbonyl (C=O) groups is 6. The number of nitrogens with zero attached hydrogens (tertiary/aromatic N) is 2. The van der Waals surface area contributed by atoms with Gasteiger partial charge in [0.25, 0.3) is 5.91 Å². The third kappa shape index (κ3) is 13.8. The molecule has 1 aromatic carbocycles. The van der Waals surface area contributed by atoms with Gasteiger partial charge in [-0.25, -0.2) is 9.59 Å². The van der Waals surface area contributed by atoms with Crippen molar-refractivity contribution >= 4 is 84.6 Å². The van der Waals surface area contributed by atoms with Crippen molar-refractivity contribution in [1.29, 1.82) is 0 Å². The molecule has 5 atom stereocenters. The monoisotopic (exact) mass is 734 g/mol. The van der Waals surface area contributed by atoms with Gasteiger partial charge in [-0.05, 0) is 12.0 Å². The van der Waals surface area contributed by atoms with Gasteiger partial charge in [0.15, 0.2) is 0 Å². The molecule has 8 N–H and O–H groups in total. The Morgan fingerprint density at radius 2 is 1.34 bits per heavy atom. The first-order chi connectivity index (χ1) is 22.4. The van der Waals surface area contributed by atoms with E-state index in [2.05, 4.69) is 15.7 Å². The van der Waals surface area contributed by atoms with Gasteiger partial charge in [-0.15, -0.1) is 0 Å². The summed E-state index contributed by atoms with van der Waals surface area (Å²) in [5.74, 6) is -4.85. The fourth-order valence-electron chi connectivity index (χ4n) is 3.76. The number of rotatable bonds is 21.